The minimum Gasteiger partial charge on any atom is -0.465 e. The molecule has 4 rings (SSSR count). The molecule has 0 aliphatic carbocycles. The number of carbonyl (C=O) groups excluding carboxylic acids is 2. The van der Waals surface area contributed by atoms with Crippen LogP contribution in [0.25, 0.3) is 20.2 Å². The number of anilines is 1. The van der Waals surface area contributed by atoms with E-state index >= 15 is 0 Å². The minimum absolute atomic E-state index is 0.223. The summed E-state index contributed by atoms with van der Waals surface area (Å²) in [6.45, 7) is 13.8. The van der Waals surface area contributed by atoms with Gasteiger partial charge in [-0.3, -0.25) is 9.59 Å². The fraction of sp³-hybridized carbons (Fsp3) is 0.407. The molecule has 7 nitrogen and oxygen atoms in total. The Morgan fingerprint density at radius 2 is 1.25 bits per heavy atom. The maximum Gasteiger partial charge on any atom is 0.317 e. The number of nitrogen functional groups attached to an aromatic ring is 1. The molecule has 0 spiro atoms. The zero-order chi connectivity index (χ0) is 26.7. The molecule has 36 heavy (non-hydrogen) atoms. The van der Waals surface area contributed by atoms with Crippen molar-refractivity contribution in [3.63, 3.8) is 0 Å². The summed E-state index contributed by atoms with van der Waals surface area (Å²) in [5.41, 5.74) is 7.70. The maximum absolute atomic E-state index is 12.0. The highest BCUT2D eigenvalue weighted by Gasteiger charge is 2.36. The first kappa shape index (κ1) is 27.5. The van der Waals surface area contributed by atoms with Gasteiger partial charge in [0.25, 0.3) is 0 Å². The molecule has 0 aliphatic heterocycles. The van der Waals surface area contributed by atoms with E-state index in [0.717, 1.165) is 31.6 Å². The van der Waals surface area contributed by atoms with E-state index in [-0.39, 0.29) is 11.9 Å². The second-order valence-corrected chi connectivity index (χ2v) is 11.1. The molecule has 0 atom stereocenters. The van der Waals surface area contributed by atoms with E-state index in [2.05, 4.69) is 20.9 Å². The highest BCUT2D eigenvalue weighted by Crippen LogP contribution is 2.35. The molecule has 0 fully saturated rings. The van der Waals surface area contributed by atoms with E-state index < -0.39 is 10.8 Å². The minimum atomic E-state index is -0.762. The van der Waals surface area contributed by atoms with Gasteiger partial charge in [-0.15, -0.1) is 0 Å². The molecule has 0 saturated heterocycles. The number of rotatable bonds is 6. The number of hydrogen-bond donors (Lipinski definition) is 1. The van der Waals surface area contributed by atoms with Crippen LogP contribution in [0.3, 0.4) is 0 Å². The summed E-state index contributed by atoms with van der Waals surface area (Å²) in [4.78, 5) is 24.0. The van der Waals surface area contributed by atoms with Crippen molar-refractivity contribution in [3.8, 4) is 0 Å². The largest absolute Gasteiger partial charge is 0.465 e. The monoisotopic (exact) mass is 527 g/mol. The molecular weight excluding hydrogens is 494 g/mol. The van der Waals surface area contributed by atoms with Crippen LogP contribution >= 0.6 is 23.1 Å². The van der Waals surface area contributed by atoms with Crippen molar-refractivity contribution in [3.05, 3.63) is 53.3 Å². The van der Waals surface area contributed by atoms with Gasteiger partial charge in [-0.1, -0.05) is 11.6 Å². The molecule has 2 aromatic heterocycles. The number of carbonyl (C=O) groups is 2. The van der Waals surface area contributed by atoms with Gasteiger partial charge >= 0.3 is 11.9 Å². The van der Waals surface area contributed by atoms with Gasteiger partial charge in [0, 0.05) is 16.5 Å². The van der Waals surface area contributed by atoms with Gasteiger partial charge in [0.15, 0.2) is 0 Å². The number of benzene rings is 2. The van der Waals surface area contributed by atoms with E-state index in [4.69, 9.17) is 15.2 Å². The van der Waals surface area contributed by atoms with E-state index in [1.54, 1.807) is 6.92 Å². The molecule has 0 amide bonds. The molecule has 0 radical (unpaired) electrons. The molecule has 2 N–H and O–H groups in total. The second kappa shape index (κ2) is 10.9. The molecule has 0 unspecified atom stereocenters. The number of nitrogens with two attached hydrogens (primary N) is 1. The van der Waals surface area contributed by atoms with E-state index in [9.17, 15) is 9.59 Å². The van der Waals surface area contributed by atoms with Crippen LogP contribution < -0.4 is 5.73 Å². The topological polar surface area (TPSA) is 104 Å². The van der Waals surface area contributed by atoms with Crippen molar-refractivity contribution in [2.24, 2.45) is 0 Å². The number of aryl methyl sites for hydroxylation is 1. The Balaban J connectivity index is 0.000000201. The van der Waals surface area contributed by atoms with Crippen molar-refractivity contribution in [1.29, 1.82) is 0 Å². The Bertz CT molecular complexity index is 1280. The van der Waals surface area contributed by atoms with Gasteiger partial charge in [-0.05, 0) is 102 Å². The summed E-state index contributed by atoms with van der Waals surface area (Å²) in [6.07, 6.45) is 0. The number of fused-ring (bicyclic) bond motifs is 2. The Labute approximate surface area is 219 Å². The molecule has 0 bridgehead atoms. The lowest BCUT2D eigenvalue weighted by molar-refractivity contribution is -0.149. The highest BCUT2D eigenvalue weighted by molar-refractivity contribution is 7.13. The van der Waals surface area contributed by atoms with Crippen LogP contribution in [0.15, 0.2) is 36.4 Å². The summed E-state index contributed by atoms with van der Waals surface area (Å²) >= 11 is 2.80. The highest BCUT2D eigenvalue weighted by atomic mass is 32.1. The first-order valence-corrected chi connectivity index (χ1v) is 13.3. The van der Waals surface area contributed by atoms with Crippen molar-refractivity contribution in [1.82, 2.24) is 8.75 Å². The third kappa shape index (κ3) is 5.52. The average molecular weight is 528 g/mol. The van der Waals surface area contributed by atoms with Crippen LogP contribution in [-0.4, -0.2) is 33.9 Å². The molecule has 192 valence electrons. The molecule has 9 heteroatoms. The van der Waals surface area contributed by atoms with Crippen molar-refractivity contribution < 1.29 is 19.1 Å². The number of esters is 2. The van der Waals surface area contributed by atoms with Gasteiger partial charge in [0.2, 0.25) is 0 Å². The van der Waals surface area contributed by atoms with Crippen molar-refractivity contribution in [2.75, 3.05) is 18.9 Å². The average Bonchev–Trinajstić information content (AvgIpc) is 3.44. The third-order valence-electron chi connectivity index (χ3n) is 5.87. The summed E-state index contributed by atoms with van der Waals surface area (Å²) in [5, 5.41) is 1.98. The molecule has 0 aliphatic rings. The Morgan fingerprint density at radius 3 is 1.72 bits per heavy atom. The van der Waals surface area contributed by atoms with Crippen LogP contribution in [0.2, 0.25) is 0 Å². The van der Waals surface area contributed by atoms with Crippen LogP contribution in [0.4, 0.5) is 5.69 Å². The van der Waals surface area contributed by atoms with E-state index in [0.29, 0.717) is 18.9 Å². The van der Waals surface area contributed by atoms with Crippen LogP contribution in [-0.2, 0) is 29.9 Å². The van der Waals surface area contributed by atoms with E-state index in [1.165, 1.54) is 28.6 Å². The lowest BCUT2D eigenvalue weighted by atomic mass is 9.87. The third-order valence-corrected chi connectivity index (χ3v) is 7.53. The van der Waals surface area contributed by atoms with Crippen molar-refractivity contribution >= 4 is 60.9 Å². The molecule has 4 aromatic rings. The molecular formula is C27H33N3O4S2. The fourth-order valence-corrected chi connectivity index (χ4v) is 5.52. The van der Waals surface area contributed by atoms with Gasteiger partial charge in [0.1, 0.15) is 10.8 Å². The van der Waals surface area contributed by atoms with Crippen LogP contribution in [0.5, 0.6) is 0 Å². The lowest BCUT2D eigenvalue weighted by Crippen LogP contribution is -2.31. The zero-order valence-electron chi connectivity index (χ0n) is 21.8. The number of nitrogens with zero attached hydrogens (tertiary/aromatic N) is 2. The fourth-order valence-electron chi connectivity index (χ4n) is 3.73. The summed E-state index contributed by atoms with van der Waals surface area (Å²) < 4.78 is 21.2. The van der Waals surface area contributed by atoms with Gasteiger partial charge < -0.3 is 15.2 Å². The quantitative estimate of drug-likeness (QED) is 0.236. The normalized spacial score (nSPS) is 11.8. The number of hydrogen-bond acceptors (Lipinski definition) is 9. The number of aromatic nitrogens is 2. The van der Waals surface area contributed by atoms with Gasteiger partial charge in [0.05, 0.1) is 34.0 Å². The first-order valence-electron chi connectivity index (χ1n) is 11.8. The number of ether oxygens (including phenoxy) is 2. The van der Waals surface area contributed by atoms with E-state index in [1.807, 2.05) is 65.8 Å². The van der Waals surface area contributed by atoms with Gasteiger partial charge in [-0.25, -0.2) is 0 Å². The summed E-state index contributed by atoms with van der Waals surface area (Å²) in [6, 6.07) is 11.8. The summed E-state index contributed by atoms with van der Waals surface area (Å²) in [7, 11) is 0. The van der Waals surface area contributed by atoms with Crippen LogP contribution in [0, 0.1) is 6.92 Å². The Morgan fingerprint density at radius 1 is 0.806 bits per heavy atom. The van der Waals surface area contributed by atoms with Crippen LogP contribution in [0.1, 0.15) is 58.5 Å². The van der Waals surface area contributed by atoms with Gasteiger partial charge in [-0.2, -0.15) is 8.75 Å². The summed E-state index contributed by atoms with van der Waals surface area (Å²) in [5.74, 6) is -0.488. The lowest BCUT2D eigenvalue weighted by Gasteiger charge is -2.20. The predicted molar refractivity (Wildman–Crippen MR) is 148 cm³/mol. The standard InChI is InChI=1S/C14H17NO2S.C13H16N2O2S/c1-5-17-13(16)14(3,4)12-10-8-9(2)6-7-11(10)18-15-12;1-4-17-12(16)13(2,3)11-9-7-8(14)5-6-10(9)18-15-11/h6-8H,5H2,1-4H3;5-7H,4,14H2,1-3H3. The smallest absolute Gasteiger partial charge is 0.317 e. The Kier molecular flexibility index (Phi) is 8.36. The first-order chi connectivity index (χ1) is 16.9. The van der Waals surface area contributed by atoms with Crippen molar-refractivity contribution in [2.45, 2.75) is 59.3 Å². The molecule has 2 heterocycles. The zero-order valence-corrected chi connectivity index (χ0v) is 23.4. The predicted octanol–water partition coefficient (Wildman–Crippen LogP) is 6.16. The Hall–Kier alpha value is -3.04. The SMILES string of the molecule is CCOC(=O)C(C)(C)c1nsc2ccc(C)cc12.CCOC(=O)C(C)(C)c1nsc2ccc(N)cc12. The maximum atomic E-state index is 12.0. The molecule has 2 aromatic carbocycles. The second-order valence-electron chi connectivity index (χ2n) is 9.51. The molecule has 0 saturated carbocycles.